The summed E-state index contributed by atoms with van der Waals surface area (Å²) in [6.07, 6.45) is 6.52. The number of aromatic nitrogens is 2. The molecular weight excluding hydrogens is 338 g/mol. The normalized spacial score (nSPS) is 22.5. The third-order valence-corrected chi connectivity index (χ3v) is 6.94. The van der Waals surface area contributed by atoms with Crippen molar-refractivity contribution >= 4 is 10.0 Å². The van der Waals surface area contributed by atoms with Crippen LogP contribution >= 0.6 is 0 Å². The SMILES string of the molecule is C[C@@H]1Cc2cc(S(=O)(=O)N(C)C[C@H]3CCc4nccn4C3)ccc2O1. The van der Waals surface area contributed by atoms with Gasteiger partial charge in [-0.15, -0.1) is 0 Å². The summed E-state index contributed by atoms with van der Waals surface area (Å²) in [7, 11) is -1.82. The summed E-state index contributed by atoms with van der Waals surface area (Å²) in [6.45, 7) is 3.34. The van der Waals surface area contributed by atoms with Crippen LogP contribution in [-0.2, 0) is 29.4 Å². The molecule has 134 valence electrons. The highest BCUT2D eigenvalue weighted by Gasteiger charge is 2.28. The zero-order valence-electron chi connectivity index (χ0n) is 14.6. The van der Waals surface area contributed by atoms with E-state index in [2.05, 4.69) is 9.55 Å². The number of imidazole rings is 1. The van der Waals surface area contributed by atoms with E-state index in [9.17, 15) is 8.42 Å². The van der Waals surface area contributed by atoms with Crippen molar-refractivity contribution in [2.75, 3.05) is 13.6 Å². The molecular formula is C18H23N3O3S. The van der Waals surface area contributed by atoms with Gasteiger partial charge < -0.3 is 9.30 Å². The van der Waals surface area contributed by atoms with Gasteiger partial charge in [0, 0.05) is 45.4 Å². The van der Waals surface area contributed by atoms with Crippen LogP contribution in [0, 0.1) is 5.92 Å². The standard InChI is InChI=1S/C18H23N3O3S/c1-13-9-15-10-16(4-5-17(15)24-13)25(22,23)20(2)11-14-3-6-18-19-7-8-21(18)12-14/h4-5,7-8,10,13-14H,3,6,9,11-12H2,1-2H3/t13-,14-/m1/s1. The molecule has 0 fully saturated rings. The number of aryl methyl sites for hydroxylation is 1. The first-order chi connectivity index (χ1) is 11.9. The molecule has 0 saturated heterocycles. The lowest BCUT2D eigenvalue weighted by Crippen LogP contribution is -2.35. The summed E-state index contributed by atoms with van der Waals surface area (Å²) in [4.78, 5) is 4.68. The summed E-state index contributed by atoms with van der Waals surface area (Å²) < 4.78 is 35.2. The van der Waals surface area contributed by atoms with Crippen molar-refractivity contribution in [3.05, 3.63) is 42.0 Å². The number of benzene rings is 1. The van der Waals surface area contributed by atoms with Gasteiger partial charge in [-0.25, -0.2) is 17.7 Å². The predicted octanol–water partition coefficient (Wildman–Crippen LogP) is 2.09. The number of ether oxygens (including phenoxy) is 1. The molecule has 3 heterocycles. The first kappa shape index (κ1) is 16.6. The predicted molar refractivity (Wildman–Crippen MR) is 94.1 cm³/mol. The molecule has 2 aliphatic rings. The van der Waals surface area contributed by atoms with Gasteiger partial charge in [0.2, 0.25) is 10.0 Å². The van der Waals surface area contributed by atoms with Crippen LogP contribution in [0.25, 0.3) is 0 Å². The molecule has 0 unspecified atom stereocenters. The maximum atomic E-state index is 12.9. The zero-order chi connectivity index (χ0) is 17.6. The lowest BCUT2D eigenvalue weighted by molar-refractivity contribution is 0.254. The number of sulfonamides is 1. The molecule has 0 radical (unpaired) electrons. The molecule has 7 heteroatoms. The van der Waals surface area contributed by atoms with E-state index >= 15 is 0 Å². The van der Waals surface area contributed by atoms with Crippen LogP contribution in [0.1, 0.15) is 24.7 Å². The van der Waals surface area contributed by atoms with Crippen molar-refractivity contribution in [3.63, 3.8) is 0 Å². The number of rotatable bonds is 4. The van der Waals surface area contributed by atoms with Gasteiger partial charge in [-0.3, -0.25) is 0 Å². The van der Waals surface area contributed by atoms with Crippen LogP contribution < -0.4 is 4.74 Å². The lowest BCUT2D eigenvalue weighted by Gasteiger charge is -2.27. The summed E-state index contributed by atoms with van der Waals surface area (Å²) in [5.74, 6) is 2.20. The average molecular weight is 361 g/mol. The Balaban J connectivity index is 1.50. The Labute approximate surface area is 148 Å². The van der Waals surface area contributed by atoms with Gasteiger partial charge in [-0.05, 0) is 43.0 Å². The van der Waals surface area contributed by atoms with Gasteiger partial charge in [0.25, 0.3) is 0 Å². The van der Waals surface area contributed by atoms with Crippen molar-refractivity contribution in [2.24, 2.45) is 5.92 Å². The van der Waals surface area contributed by atoms with E-state index in [1.54, 1.807) is 25.2 Å². The Morgan fingerprint density at radius 2 is 2.24 bits per heavy atom. The number of fused-ring (bicyclic) bond motifs is 2. The third kappa shape index (κ3) is 3.06. The highest BCUT2D eigenvalue weighted by molar-refractivity contribution is 7.89. The van der Waals surface area contributed by atoms with E-state index in [1.165, 1.54) is 4.31 Å². The zero-order valence-corrected chi connectivity index (χ0v) is 15.4. The van der Waals surface area contributed by atoms with Crippen LogP contribution in [0.2, 0.25) is 0 Å². The fourth-order valence-corrected chi connectivity index (χ4v) is 5.08. The molecule has 4 rings (SSSR count). The quantitative estimate of drug-likeness (QED) is 0.836. The highest BCUT2D eigenvalue weighted by Crippen LogP contribution is 2.31. The molecule has 2 aromatic rings. The van der Waals surface area contributed by atoms with Gasteiger partial charge in [-0.1, -0.05) is 0 Å². The van der Waals surface area contributed by atoms with E-state index in [0.717, 1.165) is 42.9 Å². The Morgan fingerprint density at radius 1 is 1.40 bits per heavy atom. The summed E-state index contributed by atoms with van der Waals surface area (Å²) in [5, 5.41) is 0. The van der Waals surface area contributed by atoms with Crippen LogP contribution in [-0.4, -0.2) is 42.0 Å². The second kappa shape index (κ2) is 6.14. The maximum Gasteiger partial charge on any atom is 0.242 e. The average Bonchev–Trinajstić information content (AvgIpc) is 3.18. The van der Waals surface area contributed by atoms with Crippen LogP contribution in [0.3, 0.4) is 0 Å². The van der Waals surface area contributed by atoms with Gasteiger partial charge in [0.15, 0.2) is 0 Å². The molecule has 6 nitrogen and oxygen atoms in total. The second-order valence-corrected chi connectivity index (χ2v) is 9.13. The molecule has 1 aromatic heterocycles. The molecule has 1 aromatic carbocycles. The molecule has 0 bridgehead atoms. The molecule has 0 N–H and O–H groups in total. The van der Waals surface area contributed by atoms with Crippen LogP contribution in [0.15, 0.2) is 35.5 Å². The minimum absolute atomic E-state index is 0.109. The Kier molecular flexibility index (Phi) is 4.08. The number of hydrogen-bond acceptors (Lipinski definition) is 4. The van der Waals surface area contributed by atoms with E-state index in [1.807, 2.05) is 19.3 Å². The van der Waals surface area contributed by atoms with Crippen molar-refractivity contribution < 1.29 is 13.2 Å². The van der Waals surface area contributed by atoms with E-state index in [4.69, 9.17) is 4.74 Å². The van der Waals surface area contributed by atoms with Gasteiger partial charge in [-0.2, -0.15) is 0 Å². The topological polar surface area (TPSA) is 64.4 Å². The van der Waals surface area contributed by atoms with Crippen molar-refractivity contribution in [3.8, 4) is 5.75 Å². The van der Waals surface area contributed by atoms with Gasteiger partial charge in [0.05, 0.1) is 4.90 Å². The summed E-state index contributed by atoms with van der Waals surface area (Å²) in [5.41, 5.74) is 0.975. The van der Waals surface area contributed by atoms with Gasteiger partial charge in [0.1, 0.15) is 17.7 Å². The minimum Gasteiger partial charge on any atom is -0.490 e. The Morgan fingerprint density at radius 3 is 3.08 bits per heavy atom. The second-order valence-electron chi connectivity index (χ2n) is 7.09. The highest BCUT2D eigenvalue weighted by atomic mass is 32.2. The van der Waals surface area contributed by atoms with Crippen molar-refractivity contribution in [2.45, 2.75) is 43.7 Å². The fraction of sp³-hybridized carbons (Fsp3) is 0.500. The van der Waals surface area contributed by atoms with Crippen molar-refractivity contribution in [1.82, 2.24) is 13.9 Å². The monoisotopic (exact) mass is 361 g/mol. The Bertz CT molecular complexity index is 891. The summed E-state index contributed by atoms with van der Waals surface area (Å²) >= 11 is 0. The largest absolute Gasteiger partial charge is 0.490 e. The smallest absolute Gasteiger partial charge is 0.242 e. The molecule has 0 aliphatic carbocycles. The first-order valence-electron chi connectivity index (χ1n) is 8.69. The van der Waals surface area contributed by atoms with Crippen LogP contribution in [0.5, 0.6) is 5.75 Å². The lowest BCUT2D eigenvalue weighted by atomic mass is 10.00. The first-order valence-corrected chi connectivity index (χ1v) is 10.1. The molecule has 2 atom stereocenters. The van der Waals surface area contributed by atoms with Gasteiger partial charge >= 0.3 is 0 Å². The van der Waals surface area contributed by atoms with Crippen molar-refractivity contribution in [1.29, 1.82) is 0 Å². The van der Waals surface area contributed by atoms with Crippen LogP contribution in [0.4, 0.5) is 0 Å². The number of hydrogen-bond donors (Lipinski definition) is 0. The fourth-order valence-electron chi connectivity index (χ4n) is 3.79. The van der Waals surface area contributed by atoms with E-state index in [0.29, 0.717) is 17.4 Å². The molecule has 0 amide bonds. The maximum absolute atomic E-state index is 12.9. The molecule has 2 aliphatic heterocycles. The minimum atomic E-state index is -3.49. The van der Waals surface area contributed by atoms with E-state index < -0.39 is 10.0 Å². The Hall–Kier alpha value is -1.86. The molecule has 0 spiro atoms. The molecule has 0 saturated carbocycles. The third-order valence-electron chi connectivity index (χ3n) is 5.12. The van der Waals surface area contributed by atoms with E-state index in [-0.39, 0.29) is 6.10 Å². The number of nitrogens with zero attached hydrogens (tertiary/aromatic N) is 3. The summed E-state index contributed by atoms with van der Waals surface area (Å²) in [6, 6.07) is 5.19. The molecule has 25 heavy (non-hydrogen) atoms.